The monoisotopic (exact) mass is 529 g/mol. The third-order valence-electron chi connectivity index (χ3n) is 6.03. The molecule has 2 aromatic heterocycles. The third kappa shape index (κ3) is 5.53. The number of likely N-dealkylation sites (tertiary alicyclic amines) is 1. The number of nitrogens with zero attached hydrogens (tertiary/aromatic N) is 3. The predicted molar refractivity (Wildman–Crippen MR) is 140 cm³/mol. The summed E-state index contributed by atoms with van der Waals surface area (Å²) < 4.78 is 20.9. The number of fused-ring (bicyclic) bond motifs is 3. The van der Waals surface area contributed by atoms with E-state index in [2.05, 4.69) is 15.6 Å². The molecular formula is C26H29ClFN5O4. The van der Waals surface area contributed by atoms with E-state index in [9.17, 15) is 18.8 Å². The van der Waals surface area contributed by atoms with Crippen LogP contribution in [-0.4, -0.2) is 58.2 Å². The summed E-state index contributed by atoms with van der Waals surface area (Å²) in [6.45, 7) is 6.11. The van der Waals surface area contributed by atoms with E-state index in [-0.39, 0.29) is 37.4 Å². The molecule has 2 aliphatic rings. The number of anilines is 1. The zero-order valence-electron chi connectivity index (χ0n) is 20.9. The van der Waals surface area contributed by atoms with Gasteiger partial charge in [-0.15, -0.1) is 0 Å². The molecule has 1 aromatic carbocycles. The normalized spacial score (nSPS) is 15.3. The van der Waals surface area contributed by atoms with Crippen molar-refractivity contribution in [1.82, 2.24) is 19.8 Å². The quantitative estimate of drug-likeness (QED) is 0.525. The standard InChI is InChI=1S/C24H23ClFN5O4.C2H6/c1-24(26)12-30(13-24)19(32)11-31-21-16(20-18(10-28-21)27-6-7-35-20)8-17(23(31)34)22(33)29-9-14-2-4-15(25)5-3-14;1-2/h2-5,8,10,27H,6-7,9,11-13H2,1H3,(H,29,33);1-2H3. The lowest BCUT2D eigenvalue weighted by atomic mass is 9.99. The van der Waals surface area contributed by atoms with Gasteiger partial charge < -0.3 is 20.3 Å². The number of alkyl halides is 1. The van der Waals surface area contributed by atoms with Gasteiger partial charge in [-0.1, -0.05) is 37.6 Å². The Labute approximate surface area is 218 Å². The number of aromatic nitrogens is 2. The molecule has 0 radical (unpaired) electrons. The van der Waals surface area contributed by atoms with E-state index in [0.717, 1.165) is 10.1 Å². The van der Waals surface area contributed by atoms with Gasteiger partial charge in [0.1, 0.15) is 30.0 Å². The summed E-state index contributed by atoms with van der Waals surface area (Å²) in [7, 11) is 0. The van der Waals surface area contributed by atoms with Crippen LogP contribution in [0.3, 0.4) is 0 Å². The van der Waals surface area contributed by atoms with Gasteiger partial charge in [0.15, 0.2) is 5.75 Å². The highest BCUT2D eigenvalue weighted by Gasteiger charge is 2.41. The second kappa shape index (κ2) is 10.8. The maximum absolute atomic E-state index is 13.9. The summed E-state index contributed by atoms with van der Waals surface area (Å²) in [6, 6.07) is 8.39. The lowest BCUT2D eigenvalue weighted by Crippen LogP contribution is -2.60. The predicted octanol–water partition coefficient (Wildman–Crippen LogP) is 3.38. The molecule has 0 bridgehead atoms. The molecule has 0 aliphatic carbocycles. The van der Waals surface area contributed by atoms with E-state index >= 15 is 0 Å². The summed E-state index contributed by atoms with van der Waals surface area (Å²) in [4.78, 5) is 45.0. The van der Waals surface area contributed by atoms with Gasteiger partial charge >= 0.3 is 0 Å². The molecule has 5 rings (SSSR count). The molecule has 196 valence electrons. The lowest BCUT2D eigenvalue weighted by Gasteiger charge is -2.42. The number of carbonyl (C=O) groups is 2. The van der Waals surface area contributed by atoms with Crippen molar-refractivity contribution in [2.75, 3.05) is 31.6 Å². The minimum atomic E-state index is -1.44. The number of ether oxygens (including phenoxy) is 1. The zero-order valence-corrected chi connectivity index (χ0v) is 21.7. The minimum absolute atomic E-state index is 0.0460. The van der Waals surface area contributed by atoms with Gasteiger partial charge in [0.05, 0.1) is 30.4 Å². The number of hydrogen-bond donors (Lipinski definition) is 2. The third-order valence-corrected chi connectivity index (χ3v) is 6.28. The van der Waals surface area contributed by atoms with Crippen LogP contribution in [0, 0.1) is 0 Å². The van der Waals surface area contributed by atoms with Crippen molar-refractivity contribution in [3.8, 4) is 5.75 Å². The molecule has 2 N–H and O–H groups in total. The Morgan fingerprint density at radius 3 is 2.62 bits per heavy atom. The van der Waals surface area contributed by atoms with Gasteiger partial charge in [0.25, 0.3) is 11.5 Å². The molecule has 9 nitrogen and oxygen atoms in total. The number of pyridine rings is 2. The zero-order chi connectivity index (χ0) is 26.7. The number of carbonyl (C=O) groups excluding carboxylic acids is 2. The van der Waals surface area contributed by atoms with Crippen molar-refractivity contribution in [2.45, 2.75) is 39.5 Å². The molecule has 2 aliphatic heterocycles. The van der Waals surface area contributed by atoms with E-state index < -0.39 is 23.0 Å². The molecule has 1 fully saturated rings. The molecular weight excluding hydrogens is 501 g/mol. The van der Waals surface area contributed by atoms with Crippen LogP contribution in [0.1, 0.15) is 36.7 Å². The van der Waals surface area contributed by atoms with Gasteiger partial charge in [-0.3, -0.25) is 19.0 Å². The summed E-state index contributed by atoms with van der Waals surface area (Å²) >= 11 is 5.91. The Morgan fingerprint density at radius 1 is 1.24 bits per heavy atom. The van der Waals surface area contributed by atoms with E-state index in [1.807, 2.05) is 13.8 Å². The Hall–Kier alpha value is -3.66. The summed E-state index contributed by atoms with van der Waals surface area (Å²) in [5.74, 6) is -0.579. The molecule has 11 heteroatoms. The molecule has 0 unspecified atom stereocenters. The number of nitrogens with one attached hydrogen (secondary N) is 2. The Bertz CT molecular complexity index is 1380. The van der Waals surface area contributed by atoms with Crippen LogP contribution in [0.5, 0.6) is 5.75 Å². The molecule has 3 aromatic rings. The van der Waals surface area contributed by atoms with E-state index in [4.69, 9.17) is 16.3 Å². The van der Waals surface area contributed by atoms with Gasteiger partial charge in [-0.25, -0.2) is 9.37 Å². The molecule has 4 heterocycles. The average molecular weight is 530 g/mol. The van der Waals surface area contributed by atoms with Crippen molar-refractivity contribution in [3.63, 3.8) is 0 Å². The first-order valence-corrected chi connectivity index (χ1v) is 12.5. The number of amides is 2. The molecule has 0 saturated carbocycles. The summed E-state index contributed by atoms with van der Waals surface area (Å²) in [5.41, 5.74) is -0.616. The van der Waals surface area contributed by atoms with Crippen LogP contribution < -0.4 is 20.9 Å². The Balaban J connectivity index is 0.00000156. The highest BCUT2D eigenvalue weighted by molar-refractivity contribution is 6.30. The first-order chi connectivity index (χ1) is 17.7. The average Bonchev–Trinajstić information content (AvgIpc) is 2.89. The van der Waals surface area contributed by atoms with Crippen LogP contribution >= 0.6 is 11.6 Å². The molecule has 37 heavy (non-hydrogen) atoms. The topological polar surface area (TPSA) is 106 Å². The Kier molecular flexibility index (Phi) is 7.68. The summed E-state index contributed by atoms with van der Waals surface area (Å²) in [5, 5.41) is 6.91. The van der Waals surface area contributed by atoms with Crippen molar-refractivity contribution < 1.29 is 18.7 Å². The highest BCUT2D eigenvalue weighted by Crippen LogP contribution is 2.34. The van der Waals surface area contributed by atoms with E-state index in [1.165, 1.54) is 24.1 Å². The summed E-state index contributed by atoms with van der Waals surface area (Å²) in [6.07, 6.45) is 1.53. The highest BCUT2D eigenvalue weighted by atomic mass is 35.5. The first-order valence-electron chi connectivity index (χ1n) is 12.1. The van der Waals surface area contributed by atoms with E-state index in [1.54, 1.807) is 24.3 Å². The molecule has 0 spiro atoms. The van der Waals surface area contributed by atoms with Gasteiger partial charge in [-0.2, -0.15) is 0 Å². The lowest BCUT2D eigenvalue weighted by molar-refractivity contribution is -0.144. The van der Waals surface area contributed by atoms with Gasteiger partial charge in [0, 0.05) is 18.1 Å². The largest absolute Gasteiger partial charge is 0.489 e. The number of halogens is 2. The van der Waals surface area contributed by atoms with Gasteiger partial charge in [0.2, 0.25) is 5.91 Å². The number of hydrogen-bond acceptors (Lipinski definition) is 6. The number of rotatable bonds is 5. The van der Waals surface area contributed by atoms with Crippen LogP contribution in [0.2, 0.25) is 5.02 Å². The van der Waals surface area contributed by atoms with Crippen molar-refractivity contribution in [3.05, 3.63) is 63.0 Å². The van der Waals surface area contributed by atoms with Crippen LogP contribution in [0.15, 0.2) is 41.3 Å². The van der Waals surface area contributed by atoms with Gasteiger partial charge in [-0.05, 0) is 30.7 Å². The van der Waals surface area contributed by atoms with Crippen molar-refractivity contribution in [1.29, 1.82) is 0 Å². The minimum Gasteiger partial charge on any atom is -0.489 e. The maximum Gasteiger partial charge on any atom is 0.265 e. The van der Waals surface area contributed by atoms with Crippen LogP contribution in [0.25, 0.3) is 11.0 Å². The van der Waals surface area contributed by atoms with Crippen LogP contribution in [-0.2, 0) is 17.9 Å². The van der Waals surface area contributed by atoms with E-state index in [0.29, 0.717) is 35.0 Å². The van der Waals surface area contributed by atoms with Crippen LogP contribution in [0.4, 0.5) is 10.1 Å². The fourth-order valence-corrected chi connectivity index (χ4v) is 4.39. The molecule has 1 saturated heterocycles. The van der Waals surface area contributed by atoms with Crippen molar-refractivity contribution >= 4 is 40.1 Å². The fourth-order valence-electron chi connectivity index (χ4n) is 4.26. The van der Waals surface area contributed by atoms with Crippen molar-refractivity contribution in [2.24, 2.45) is 0 Å². The second-order valence-electron chi connectivity index (χ2n) is 8.94. The molecule has 2 amide bonds. The molecule has 0 atom stereocenters. The first kappa shape index (κ1) is 26.4. The Morgan fingerprint density at radius 2 is 1.95 bits per heavy atom. The second-order valence-corrected chi connectivity index (χ2v) is 9.37. The number of benzene rings is 1. The maximum atomic E-state index is 13.9. The smallest absolute Gasteiger partial charge is 0.265 e. The SMILES string of the molecule is CC.CC1(F)CN(C(=O)Cn2c(=O)c(C(=O)NCc3ccc(Cl)cc3)cc3c4c(cnc32)NCCO4)C1. The fraction of sp³-hybridized carbons (Fsp3) is 0.385.